The largest absolute Gasteiger partial charge is 0.0961 e. The van der Waals surface area contributed by atoms with E-state index in [4.69, 9.17) is 0 Å². The molecule has 0 bridgehead atoms. The average Bonchev–Trinajstić information content (AvgIpc) is 2.49. The van der Waals surface area contributed by atoms with Gasteiger partial charge in [-0.3, -0.25) is 0 Å². The molecule has 112 valence electrons. The van der Waals surface area contributed by atoms with Crippen LogP contribution in [0.1, 0.15) is 33.3 Å². The van der Waals surface area contributed by atoms with Gasteiger partial charge in [0.1, 0.15) is 0 Å². The molecule has 0 fully saturated rings. The lowest BCUT2D eigenvalue weighted by Gasteiger charge is -2.13. The van der Waals surface area contributed by atoms with Crippen LogP contribution >= 0.6 is 0 Å². The predicted octanol–water partition coefficient (Wildman–Crippen LogP) is 6.71. The summed E-state index contributed by atoms with van der Waals surface area (Å²) in [6.07, 6.45) is 6.45. The van der Waals surface area contributed by atoms with Gasteiger partial charge in [-0.25, -0.2) is 0 Å². The molecule has 2 aromatic rings. The fourth-order valence-electron chi connectivity index (χ4n) is 2.61. The van der Waals surface area contributed by atoms with Gasteiger partial charge in [0.05, 0.1) is 0 Å². The van der Waals surface area contributed by atoms with Gasteiger partial charge in [0.15, 0.2) is 0 Å². The monoisotopic (exact) mass is 288 g/mol. The van der Waals surface area contributed by atoms with Crippen molar-refractivity contribution >= 4 is 16.3 Å². The Morgan fingerprint density at radius 1 is 0.955 bits per heavy atom. The Hall–Kier alpha value is -2.34. The van der Waals surface area contributed by atoms with E-state index in [2.05, 4.69) is 88.0 Å². The third-order valence-electron chi connectivity index (χ3n) is 3.61. The summed E-state index contributed by atoms with van der Waals surface area (Å²) in [4.78, 5) is 0. The minimum atomic E-state index is 1.06. The highest BCUT2D eigenvalue weighted by Gasteiger charge is 2.08. The van der Waals surface area contributed by atoms with Crippen LogP contribution in [0.5, 0.6) is 0 Å². The van der Waals surface area contributed by atoms with Crippen LogP contribution in [0.2, 0.25) is 0 Å². The molecule has 0 aliphatic carbocycles. The van der Waals surface area contributed by atoms with Crippen LogP contribution in [0.25, 0.3) is 16.3 Å². The molecule has 0 saturated carbocycles. The number of hydrogen-bond donors (Lipinski definition) is 0. The topological polar surface area (TPSA) is 0 Å². The maximum Gasteiger partial charge on any atom is -0.0110 e. The van der Waals surface area contributed by atoms with Gasteiger partial charge in [0.2, 0.25) is 0 Å². The van der Waals surface area contributed by atoms with Gasteiger partial charge in [0.25, 0.3) is 0 Å². The number of benzene rings is 2. The third kappa shape index (κ3) is 3.65. The van der Waals surface area contributed by atoms with Gasteiger partial charge in [-0.2, -0.15) is 0 Å². The van der Waals surface area contributed by atoms with Gasteiger partial charge in [-0.1, -0.05) is 72.4 Å². The Morgan fingerprint density at radius 3 is 2.23 bits per heavy atom. The van der Waals surface area contributed by atoms with Crippen molar-refractivity contribution in [2.24, 2.45) is 0 Å². The lowest BCUT2D eigenvalue weighted by molar-refractivity contribution is 1.34. The molecule has 0 unspecified atom stereocenters. The van der Waals surface area contributed by atoms with Crippen molar-refractivity contribution in [3.8, 4) is 0 Å². The molecule has 0 spiro atoms. The quantitative estimate of drug-likeness (QED) is 0.548. The van der Waals surface area contributed by atoms with E-state index in [1.54, 1.807) is 0 Å². The predicted molar refractivity (Wildman–Crippen MR) is 99.9 cm³/mol. The van der Waals surface area contributed by atoms with Crippen molar-refractivity contribution < 1.29 is 0 Å². The summed E-state index contributed by atoms with van der Waals surface area (Å²) in [5.41, 5.74) is 6.10. The van der Waals surface area contributed by atoms with Crippen LogP contribution in [0.4, 0.5) is 0 Å². The maximum atomic E-state index is 4.06. The molecule has 0 aromatic heterocycles. The molecule has 0 atom stereocenters. The van der Waals surface area contributed by atoms with Crippen LogP contribution in [-0.4, -0.2) is 0 Å². The Morgan fingerprint density at radius 2 is 1.64 bits per heavy atom. The highest BCUT2D eigenvalue weighted by Crippen LogP contribution is 2.30. The summed E-state index contributed by atoms with van der Waals surface area (Å²) < 4.78 is 0. The molecule has 0 amide bonds. The van der Waals surface area contributed by atoms with E-state index in [0.29, 0.717) is 0 Å². The Labute approximate surface area is 134 Å². The van der Waals surface area contributed by atoms with E-state index < -0.39 is 0 Å². The normalized spacial score (nSPS) is 11.9. The summed E-state index contributed by atoms with van der Waals surface area (Å²) in [6, 6.07) is 15.1. The summed E-state index contributed by atoms with van der Waals surface area (Å²) >= 11 is 0. The summed E-state index contributed by atoms with van der Waals surface area (Å²) in [7, 11) is 0. The number of hydrogen-bond acceptors (Lipinski definition) is 0. The molecule has 0 saturated heterocycles. The Bertz CT molecular complexity index is 779. The molecule has 0 nitrogen and oxygen atoms in total. The van der Waals surface area contributed by atoms with Crippen LogP contribution in [0, 0.1) is 0 Å². The van der Waals surface area contributed by atoms with Crippen molar-refractivity contribution in [1.29, 1.82) is 0 Å². The van der Waals surface area contributed by atoms with Gasteiger partial charge in [0, 0.05) is 0 Å². The maximum absolute atomic E-state index is 4.06. The first-order valence-electron chi connectivity index (χ1n) is 7.70. The van der Waals surface area contributed by atoms with Crippen molar-refractivity contribution in [3.63, 3.8) is 0 Å². The van der Waals surface area contributed by atoms with E-state index in [1.165, 1.54) is 33.1 Å². The lowest BCUT2D eigenvalue weighted by atomic mass is 9.91. The fraction of sp³-hybridized carbons (Fsp3) is 0.182. The van der Waals surface area contributed by atoms with Gasteiger partial charge < -0.3 is 0 Å². The number of rotatable bonds is 4. The summed E-state index contributed by atoms with van der Waals surface area (Å²) in [5, 5.41) is 2.53. The SMILES string of the molecule is C=C(C)C=C(C(C=CC)=C(C)C)c1ccc2ccccc2c1. The van der Waals surface area contributed by atoms with E-state index in [1.807, 2.05) is 6.92 Å². The van der Waals surface area contributed by atoms with Crippen LogP contribution in [0.15, 0.2) is 84.0 Å². The average molecular weight is 288 g/mol. The van der Waals surface area contributed by atoms with E-state index in [9.17, 15) is 0 Å². The molecule has 2 aromatic carbocycles. The molecule has 0 aliphatic heterocycles. The highest BCUT2D eigenvalue weighted by atomic mass is 14.1. The molecule has 0 radical (unpaired) electrons. The van der Waals surface area contributed by atoms with Crippen molar-refractivity contribution in [3.05, 3.63) is 89.6 Å². The molecule has 22 heavy (non-hydrogen) atoms. The van der Waals surface area contributed by atoms with Crippen molar-refractivity contribution in [2.75, 3.05) is 0 Å². The third-order valence-corrected chi connectivity index (χ3v) is 3.61. The zero-order valence-electron chi connectivity index (χ0n) is 14.0. The van der Waals surface area contributed by atoms with E-state index >= 15 is 0 Å². The van der Waals surface area contributed by atoms with Crippen LogP contribution in [-0.2, 0) is 0 Å². The van der Waals surface area contributed by atoms with Gasteiger partial charge in [-0.15, -0.1) is 0 Å². The second-order valence-electron chi connectivity index (χ2n) is 5.88. The molecular formula is C22H24. The smallest absolute Gasteiger partial charge is 0.0110 e. The first-order chi connectivity index (χ1) is 10.5. The van der Waals surface area contributed by atoms with Crippen molar-refractivity contribution in [2.45, 2.75) is 27.7 Å². The molecule has 0 aliphatic rings. The second kappa shape index (κ2) is 7.09. The first kappa shape index (κ1) is 16.0. The first-order valence-corrected chi connectivity index (χ1v) is 7.70. The summed E-state index contributed by atoms with van der Waals surface area (Å²) in [6.45, 7) is 12.5. The standard InChI is InChI=1S/C22H24/c1-6-9-21(17(4)5)22(14-16(2)3)20-13-12-18-10-7-8-11-19(18)15-20/h6-15H,2H2,1,3-5H3. The molecule has 0 heteroatoms. The van der Waals surface area contributed by atoms with E-state index in [0.717, 1.165) is 5.57 Å². The zero-order valence-corrected chi connectivity index (χ0v) is 14.0. The molecule has 0 heterocycles. The lowest BCUT2D eigenvalue weighted by Crippen LogP contribution is -1.92. The summed E-state index contributed by atoms with van der Waals surface area (Å²) in [5.74, 6) is 0. The highest BCUT2D eigenvalue weighted by molar-refractivity contribution is 5.91. The number of fused-ring (bicyclic) bond motifs is 1. The van der Waals surface area contributed by atoms with E-state index in [-0.39, 0.29) is 0 Å². The zero-order chi connectivity index (χ0) is 16.1. The molecular weight excluding hydrogens is 264 g/mol. The van der Waals surface area contributed by atoms with Crippen LogP contribution in [0.3, 0.4) is 0 Å². The van der Waals surface area contributed by atoms with Crippen LogP contribution < -0.4 is 0 Å². The minimum absolute atomic E-state index is 1.06. The molecule has 0 N–H and O–H groups in total. The Balaban J connectivity index is 2.67. The molecule has 2 rings (SSSR count). The fourth-order valence-corrected chi connectivity index (χ4v) is 2.61. The van der Waals surface area contributed by atoms with Crippen molar-refractivity contribution in [1.82, 2.24) is 0 Å². The Kier molecular flexibility index (Phi) is 5.16. The van der Waals surface area contributed by atoms with Gasteiger partial charge >= 0.3 is 0 Å². The number of allylic oxidation sites excluding steroid dienone is 7. The second-order valence-corrected chi connectivity index (χ2v) is 5.88. The van der Waals surface area contributed by atoms with Gasteiger partial charge in [-0.05, 0) is 61.2 Å². The minimum Gasteiger partial charge on any atom is -0.0961 e.